The summed E-state index contributed by atoms with van der Waals surface area (Å²) in [6, 6.07) is -0.734. The molecule has 0 saturated carbocycles. The van der Waals surface area contributed by atoms with Crippen LogP contribution in [0.25, 0.3) is 0 Å². The summed E-state index contributed by atoms with van der Waals surface area (Å²) < 4.78 is 17.2. The van der Waals surface area contributed by atoms with Crippen molar-refractivity contribution < 1.29 is 38.2 Å². The number of carboxylic acid groups (broad SMARTS) is 1. The minimum absolute atomic E-state index is 0.0271. The van der Waals surface area contributed by atoms with E-state index in [0.29, 0.717) is 12.8 Å². The van der Waals surface area contributed by atoms with Gasteiger partial charge in [-0.3, -0.25) is 9.59 Å². The Morgan fingerprint density at radius 2 is 0.903 bits per heavy atom. The summed E-state index contributed by atoms with van der Waals surface area (Å²) in [6.45, 7) is 4.52. The number of carboxylic acids is 1. The van der Waals surface area contributed by atoms with Crippen molar-refractivity contribution in [3.63, 3.8) is 0 Å². The van der Waals surface area contributed by atoms with Crippen LogP contribution in [0.2, 0.25) is 0 Å². The van der Waals surface area contributed by atoms with E-state index in [2.05, 4.69) is 74.6 Å². The number of allylic oxidation sites excluding steroid dienone is 10. The van der Waals surface area contributed by atoms with Gasteiger partial charge in [0.2, 0.25) is 0 Å². The molecule has 8 nitrogen and oxygen atoms in total. The molecule has 358 valence electrons. The average molecular weight is 870 g/mol. The molecule has 0 radical (unpaired) electrons. The first-order chi connectivity index (χ1) is 30.1. The van der Waals surface area contributed by atoms with Crippen molar-refractivity contribution in [3.05, 3.63) is 60.8 Å². The van der Waals surface area contributed by atoms with Crippen LogP contribution in [0.15, 0.2) is 60.8 Å². The highest BCUT2D eigenvalue weighted by molar-refractivity contribution is 5.70. The molecule has 0 aliphatic rings. The average Bonchev–Trinajstić information content (AvgIpc) is 3.23. The Morgan fingerprint density at radius 1 is 0.500 bits per heavy atom. The fourth-order valence-electron chi connectivity index (χ4n) is 7.23. The SMILES string of the molecule is CC/C=C/C/C=C/C/C=C/C/C=C/CCCCCC(=O)OCC(COCCC(C(=O)[O-])[N+](C)(C)C)OC(=O)CCCCCCCCC/C=C/CCCCCCCCCCCCC. The fourth-order valence-corrected chi connectivity index (χ4v) is 7.23. The van der Waals surface area contributed by atoms with Crippen LogP contribution in [-0.2, 0) is 28.6 Å². The summed E-state index contributed by atoms with van der Waals surface area (Å²) in [7, 11) is 5.40. The first-order valence-corrected chi connectivity index (χ1v) is 25.3. The van der Waals surface area contributed by atoms with E-state index >= 15 is 0 Å². The van der Waals surface area contributed by atoms with Gasteiger partial charge in [-0.1, -0.05) is 177 Å². The summed E-state index contributed by atoms with van der Waals surface area (Å²) in [4.78, 5) is 37.0. The van der Waals surface area contributed by atoms with Crippen molar-refractivity contribution in [1.82, 2.24) is 0 Å². The Labute approximate surface area is 381 Å². The number of aliphatic carboxylic acids is 1. The number of nitrogens with zero attached hydrogens (tertiary/aromatic N) is 1. The van der Waals surface area contributed by atoms with E-state index in [1.54, 1.807) is 21.1 Å². The normalized spacial score (nSPS) is 13.4. The molecule has 0 bridgehead atoms. The van der Waals surface area contributed by atoms with Crippen LogP contribution in [0.5, 0.6) is 0 Å². The lowest BCUT2D eigenvalue weighted by atomic mass is 10.0. The number of hydrogen-bond donors (Lipinski definition) is 0. The van der Waals surface area contributed by atoms with E-state index in [-0.39, 0.29) is 42.7 Å². The Bertz CT molecular complexity index is 1200. The second kappa shape index (κ2) is 44.6. The molecule has 8 heteroatoms. The van der Waals surface area contributed by atoms with E-state index in [9.17, 15) is 19.5 Å². The van der Waals surface area contributed by atoms with Crippen molar-refractivity contribution in [3.8, 4) is 0 Å². The first-order valence-electron chi connectivity index (χ1n) is 25.3. The van der Waals surface area contributed by atoms with Crippen LogP contribution in [0, 0.1) is 0 Å². The first kappa shape index (κ1) is 59.0. The van der Waals surface area contributed by atoms with Gasteiger partial charge in [0, 0.05) is 19.3 Å². The van der Waals surface area contributed by atoms with E-state index < -0.39 is 18.1 Å². The van der Waals surface area contributed by atoms with Crippen molar-refractivity contribution in [1.29, 1.82) is 0 Å². The summed E-state index contributed by atoms with van der Waals surface area (Å²) in [5, 5.41) is 11.7. The van der Waals surface area contributed by atoms with Gasteiger partial charge in [0.15, 0.2) is 6.10 Å². The lowest BCUT2D eigenvalue weighted by Gasteiger charge is -2.34. The highest BCUT2D eigenvalue weighted by Gasteiger charge is 2.25. The van der Waals surface area contributed by atoms with Crippen molar-refractivity contribution in [2.24, 2.45) is 0 Å². The zero-order valence-corrected chi connectivity index (χ0v) is 40.8. The largest absolute Gasteiger partial charge is 0.544 e. The lowest BCUT2D eigenvalue weighted by Crippen LogP contribution is -2.55. The third-order valence-electron chi connectivity index (χ3n) is 11.1. The van der Waals surface area contributed by atoms with Crippen LogP contribution in [0.4, 0.5) is 0 Å². The maximum absolute atomic E-state index is 12.8. The zero-order chi connectivity index (χ0) is 45.6. The predicted octanol–water partition coefficient (Wildman–Crippen LogP) is 13.2. The maximum atomic E-state index is 12.8. The number of carbonyl (C=O) groups is 3. The van der Waals surface area contributed by atoms with E-state index in [1.807, 2.05) is 0 Å². The molecule has 0 aliphatic heterocycles. The Morgan fingerprint density at radius 3 is 1.37 bits per heavy atom. The molecule has 0 rings (SSSR count). The highest BCUT2D eigenvalue weighted by atomic mass is 16.6. The van der Waals surface area contributed by atoms with Crippen molar-refractivity contribution in [2.75, 3.05) is 41.0 Å². The van der Waals surface area contributed by atoms with Crippen LogP contribution >= 0.6 is 0 Å². The van der Waals surface area contributed by atoms with Crippen LogP contribution in [0.1, 0.15) is 213 Å². The topological polar surface area (TPSA) is 102 Å². The summed E-state index contributed by atoms with van der Waals surface area (Å²) in [6.07, 6.45) is 55.4. The van der Waals surface area contributed by atoms with Crippen molar-refractivity contribution in [2.45, 2.75) is 225 Å². The number of rotatable bonds is 45. The fraction of sp³-hybridized carbons (Fsp3) is 0.759. The molecule has 0 aromatic heterocycles. The van der Waals surface area contributed by atoms with Gasteiger partial charge in [0.1, 0.15) is 12.6 Å². The van der Waals surface area contributed by atoms with Gasteiger partial charge < -0.3 is 28.6 Å². The molecule has 2 unspecified atom stereocenters. The second-order valence-electron chi connectivity index (χ2n) is 18.0. The zero-order valence-electron chi connectivity index (χ0n) is 40.8. The summed E-state index contributed by atoms with van der Waals surface area (Å²) >= 11 is 0. The Kier molecular flexibility index (Phi) is 42.5. The molecule has 0 fully saturated rings. The molecule has 0 amide bonds. The number of hydrogen-bond acceptors (Lipinski definition) is 7. The van der Waals surface area contributed by atoms with Crippen molar-refractivity contribution >= 4 is 17.9 Å². The van der Waals surface area contributed by atoms with Crippen LogP contribution in [0.3, 0.4) is 0 Å². The predicted molar refractivity (Wildman–Crippen MR) is 259 cm³/mol. The van der Waals surface area contributed by atoms with Gasteiger partial charge in [0.25, 0.3) is 0 Å². The van der Waals surface area contributed by atoms with Gasteiger partial charge in [-0.15, -0.1) is 0 Å². The maximum Gasteiger partial charge on any atom is 0.306 e. The minimum atomic E-state index is -1.13. The van der Waals surface area contributed by atoms with E-state index in [1.165, 1.54) is 109 Å². The quantitative estimate of drug-likeness (QED) is 0.0260. The minimum Gasteiger partial charge on any atom is -0.544 e. The summed E-state index contributed by atoms with van der Waals surface area (Å²) in [5.41, 5.74) is 0. The van der Waals surface area contributed by atoms with Crippen LogP contribution in [-0.4, -0.2) is 75.5 Å². The number of unbranched alkanes of at least 4 members (excludes halogenated alkanes) is 21. The van der Waals surface area contributed by atoms with Gasteiger partial charge in [0.05, 0.1) is 40.3 Å². The van der Waals surface area contributed by atoms with Gasteiger partial charge in [-0.25, -0.2) is 0 Å². The number of quaternary nitrogens is 1. The van der Waals surface area contributed by atoms with Crippen LogP contribution < -0.4 is 5.11 Å². The molecule has 0 N–H and O–H groups in total. The van der Waals surface area contributed by atoms with Gasteiger partial charge >= 0.3 is 11.9 Å². The van der Waals surface area contributed by atoms with Gasteiger partial charge in [-0.2, -0.15) is 0 Å². The van der Waals surface area contributed by atoms with E-state index in [4.69, 9.17) is 14.2 Å². The molecular weight excluding hydrogens is 775 g/mol. The molecule has 0 saturated heterocycles. The molecule has 0 heterocycles. The molecular formula is C54H95NO7. The Hall–Kier alpha value is -2.97. The molecule has 0 aliphatic carbocycles. The smallest absolute Gasteiger partial charge is 0.306 e. The van der Waals surface area contributed by atoms with Gasteiger partial charge in [-0.05, 0) is 77.0 Å². The third-order valence-corrected chi connectivity index (χ3v) is 11.1. The molecule has 0 spiro atoms. The highest BCUT2D eigenvalue weighted by Crippen LogP contribution is 2.15. The molecule has 62 heavy (non-hydrogen) atoms. The lowest BCUT2D eigenvalue weighted by molar-refractivity contribution is -0.889. The number of carbonyl (C=O) groups excluding carboxylic acids is 3. The number of esters is 2. The van der Waals surface area contributed by atoms with E-state index in [0.717, 1.165) is 70.6 Å². The third kappa shape index (κ3) is 42.3. The molecule has 2 atom stereocenters. The standard InChI is InChI=1S/C54H95NO7/c1-6-8-10-12-14-16-18-20-22-24-25-26-27-28-29-31-33-35-37-39-41-43-45-53(57)62-50(48-60-47-46-51(54(58)59)55(3,4)5)49-61-52(56)44-42-40-38-36-34-32-30-23-21-19-17-15-13-11-9-7-2/h9,11,15,17,21,23,27-28,32,34,50-51H,6-8,10,12-14,16,18-20,22,24-26,29-31,33,35-49H2,1-5H3/b11-9+,17-15+,23-21+,28-27+,34-32+. The second-order valence-corrected chi connectivity index (χ2v) is 18.0. The Balaban J connectivity index is 4.29. The molecule has 0 aromatic rings. The number of ether oxygens (including phenoxy) is 3. The number of likely N-dealkylation sites (N-methyl/N-ethyl adjacent to an activating group) is 1. The summed E-state index contributed by atoms with van der Waals surface area (Å²) in [5.74, 6) is -1.78. The monoisotopic (exact) mass is 870 g/mol. The molecule has 0 aromatic carbocycles.